The van der Waals surface area contributed by atoms with Crippen molar-refractivity contribution in [3.05, 3.63) is 23.5 Å². The molecular formula is C14H20N2O. The van der Waals surface area contributed by atoms with E-state index in [2.05, 4.69) is 10.3 Å². The highest BCUT2D eigenvalue weighted by molar-refractivity contribution is 5.84. The van der Waals surface area contributed by atoms with Crippen LogP contribution in [0.25, 0.3) is 0 Å². The molecule has 1 aliphatic rings. The van der Waals surface area contributed by atoms with Crippen LogP contribution < -0.4 is 5.32 Å². The molecular weight excluding hydrogens is 212 g/mol. The predicted octanol–water partition coefficient (Wildman–Crippen LogP) is 3.06. The zero-order valence-corrected chi connectivity index (χ0v) is 10.4. The van der Waals surface area contributed by atoms with Crippen LogP contribution in [0.2, 0.25) is 0 Å². The molecule has 0 amide bonds. The minimum absolute atomic E-state index is 0.667. The van der Waals surface area contributed by atoms with Gasteiger partial charge in [0.2, 0.25) is 0 Å². The number of carbonyl (C=O) groups is 1. The van der Waals surface area contributed by atoms with Crippen LogP contribution in [0.1, 0.15) is 48.0 Å². The Morgan fingerprint density at radius 1 is 1.35 bits per heavy atom. The van der Waals surface area contributed by atoms with E-state index in [1.807, 2.05) is 13.2 Å². The highest BCUT2D eigenvalue weighted by Gasteiger charge is 2.16. The van der Waals surface area contributed by atoms with Crippen LogP contribution in [-0.4, -0.2) is 18.3 Å². The molecule has 0 spiro atoms. The van der Waals surface area contributed by atoms with Crippen molar-refractivity contribution in [1.29, 1.82) is 0 Å². The van der Waals surface area contributed by atoms with E-state index in [4.69, 9.17) is 0 Å². The predicted molar refractivity (Wildman–Crippen MR) is 69.5 cm³/mol. The van der Waals surface area contributed by atoms with E-state index >= 15 is 0 Å². The van der Waals surface area contributed by atoms with Gasteiger partial charge < -0.3 is 5.32 Å². The Hall–Kier alpha value is -1.38. The first-order valence-electron chi connectivity index (χ1n) is 6.45. The molecule has 1 heterocycles. The summed E-state index contributed by atoms with van der Waals surface area (Å²) in [5.41, 5.74) is 2.81. The van der Waals surface area contributed by atoms with Gasteiger partial charge in [0.15, 0.2) is 6.29 Å². The molecule has 17 heavy (non-hydrogen) atoms. The summed E-state index contributed by atoms with van der Waals surface area (Å²) < 4.78 is 0. The van der Waals surface area contributed by atoms with Gasteiger partial charge in [-0.15, -0.1) is 0 Å². The zero-order chi connectivity index (χ0) is 12.1. The molecule has 0 aliphatic heterocycles. The number of aromatic nitrogens is 1. The number of hydrogen-bond acceptors (Lipinski definition) is 3. The molecule has 0 aromatic carbocycles. The van der Waals surface area contributed by atoms with Crippen LogP contribution in [0.5, 0.6) is 0 Å². The second kappa shape index (κ2) is 5.80. The first kappa shape index (κ1) is 12.1. The maximum absolute atomic E-state index is 11.0. The van der Waals surface area contributed by atoms with Crippen molar-refractivity contribution in [2.24, 2.45) is 5.92 Å². The molecule has 0 atom stereocenters. The van der Waals surface area contributed by atoms with Crippen molar-refractivity contribution in [3.8, 4) is 0 Å². The van der Waals surface area contributed by atoms with Gasteiger partial charge in [-0.25, -0.2) is 0 Å². The first-order chi connectivity index (χ1) is 8.35. The van der Waals surface area contributed by atoms with E-state index in [-0.39, 0.29) is 0 Å². The van der Waals surface area contributed by atoms with E-state index in [9.17, 15) is 4.79 Å². The summed E-state index contributed by atoms with van der Waals surface area (Å²) in [5.74, 6) is 0.763. The second-order valence-corrected chi connectivity index (χ2v) is 4.84. The fourth-order valence-corrected chi connectivity index (χ4v) is 2.77. The standard InChI is InChI=1S/C14H20N2O/c1-15-14-12(8-16-9-13(14)10-17)7-11-5-3-2-4-6-11/h8-11H,2-7H2,1H3,(H,15,16). The maximum Gasteiger partial charge on any atom is 0.153 e. The van der Waals surface area contributed by atoms with Crippen LogP contribution >= 0.6 is 0 Å². The molecule has 1 fully saturated rings. The smallest absolute Gasteiger partial charge is 0.153 e. The summed E-state index contributed by atoms with van der Waals surface area (Å²) in [6.45, 7) is 0. The minimum atomic E-state index is 0.667. The lowest BCUT2D eigenvalue weighted by atomic mass is 9.84. The number of nitrogens with zero attached hydrogens (tertiary/aromatic N) is 1. The summed E-state index contributed by atoms with van der Waals surface area (Å²) >= 11 is 0. The number of anilines is 1. The van der Waals surface area contributed by atoms with Gasteiger partial charge in [0.25, 0.3) is 0 Å². The lowest BCUT2D eigenvalue weighted by molar-refractivity contribution is 0.112. The summed E-state index contributed by atoms with van der Waals surface area (Å²) in [6, 6.07) is 0. The number of aldehydes is 1. The summed E-state index contributed by atoms with van der Waals surface area (Å²) in [5, 5.41) is 3.13. The SMILES string of the molecule is CNc1c(C=O)cncc1CC1CCCCC1. The molecule has 3 nitrogen and oxygen atoms in total. The molecule has 1 aliphatic carbocycles. The number of rotatable bonds is 4. The Labute approximate surface area is 103 Å². The number of carbonyl (C=O) groups excluding carboxylic acids is 1. The van der Waals surface area contributed by atoms with Crippen LogP contribution in [0, 0.1) is 5.92 Å². The third-order valence-corrected chi connectivity index (χ3v) is 3.66. The van der Waals surface area contributed by atoms with E-state index in [1.165, 1.54) is 37.7 Å². The molecule has 1 saturated carbocycles. The van der Waals surface area contributed by atoms with E-state index in [1.54, 1.807) is 6.20 Å². The third-order valence-electron chi connectivity index (χ3n) is 3.66. The van der Waals surface area contributed by atoms with Gasteiger partial charge in [0.05, 0.1) is 11.3 Å². The molecule has 1 N–H and O–H groups in total. The molecule has 1 aromatic rings. The Kier molecular flexibility index (Phi) is 4.13. The fourth-order valence-electron chi connectivity index (χ4n) is 2.77. The van der Waals surface area contributed by atoms with Crippen molar-refractivity contribution >= 4 is 12.0 Å². The molecule has 2 rings (SSSR count). The second-order valence-electron chi connectivity index (χ2n) is 4.84. The average Bonchev–Trinajstić information content (AvgIpc) is 2.39. The lowest BCUT2D eigenvalue weighted by Crippen LogP contribution is -2.11. The van der Waals surface area contributed by atoms with E-state index in [0.29, 0.717) is 5.56 Å². The van der Waals surface area contributed by atoms with Gasteiger partial charge in [0.1, 0.15) is 0 Å². The zero-order valence-electron chi connectivity index (χ0n) is 10.4. The average molecular weight is 232 g/mol. The van der Waals surface area contributed by atoms with Crippen LogP contribution in [0.4, 0.5) is 5.69 Å². The van der Waals surface area contributed by atoms with Gasteiger partial charge in [-0.05, 0) is 17.9 Å². The monoisotopic (exact) mass is 232 g/mol. The van der Waals surface area contributed by atoms with Crippen molar-refractivity contribution in [1.82, 2.24) is 4.98 Å². The Bertz CT molecular complexity index is 384. The largest absolute Gasteiger partial charge is 0.387 e. The molecule has 0 saturated heterocycles. The lowest BCUT2D eigenvalue weighted by Gasteiger charge is -2.22. The number of hydrogen-bond donors (Lipinski definition) is 1. The van der Waals surface area contributed by atoms with Gasteiger partial charge in [-0.3, -0.25) is 9.78 Å². The quantitative estimate of drug-likeness (QED) is 0.811. The summed E-state index contributed by atoms with van der Waals surface area (Å²) in [6.07, 6.45) is 12.1. The van der Waals surface area contributed by atoms with Crippen LogP contribution in [0.15, 0.2) is 12.4 Å². The van der Waals surface area contributed by atoms with Crippen molar-refractivity contribution < 1.29 is 4.79 Å². The van der Waals surface area contributed by atoms with Gasteiger partial charge in [-0.1, -0.05) is 32.1 Å². The van der Waals surface area contributed by atoms with Gasteiger partial charge >= 0.3 is 0 Å². The highest BCUT2D eigenvalue weighted by Crippen LogP contribution is 2.29. The third kappa shape index (κ3) is 2.84. The fraction of sp³-hybridized carbons (Fsp3) is 0.571. The van der Waals surface area contributed by atoms with Gasteiger partial charge in [-0.2, -0.15) is 0 Å². The highest BCUT2D eigenvalue weighted by atomic mass is 16.1. The maximum atomic E-state index is 11.0. The Morgan fingerprint density at radius 2 is 2.12 bits per heavy atom. The minimum Gasteiger partial charge on any atom is -0.387 e. The van der Waals surface area contributed by atoms with Gasteiger partial charge in [0, 0.05) is 19.4 Å². The Balaban J connectivity index is 2.16. The molecule has 0 bridgehead atoms. The topological polar surface area (TPSA) is 42.0 Å². The van der Waals surface area contributed by atoms with Crippen molar-refractivity contribution in [3.63, 3.8) is 0 Å². The molecule has 0 radical (unpaired) electrons. The van der Waals surface area contributed by atoms with Crippen molar-refractivity contribution in [2.75, 3.05) is 12.4 Å². The number of pyridine rings is 1. The van der Waals surface area contributed by atoms with Crippen LogP contribution in [-0.2, 0) is 6.42 Å². The summed E-state index contributed by atoms with van der Waals surface area (Å²) in [7, 11) is 1.87. The molecule has 0 unspecified atom stereocenters. The van der Waals surface area contributed by atoms with Crippen LogP contribution in [0.3, 0.4) is 0 Å². The molecule has 92 valence electrons. The summed E-state index contributed by atoms with van der Waals surface area (Å²) in [4.78, 5) is 15.1. The van der Waals surface area contributed by atoms with Crippen molar-refractivity contribution in [2.45, 2.75) is 38.5 Å². The van der Waals surface area contributed by atoms with E-state index in [0.717, 1.165) is 24.3 Å². The molecule has 3 heteroatoms. The number of nitrogens with one attached hydrogen (secondary N) is 1. The Morgan fingerprint density at radius 3 is 2.76 bits per heavy atom. The van der Waals surface area contributed by atoms with E-state index < -0.39 is 0 Å². The first-order valence-corrected chi connectivity index (χ1v) is 6.45. The normalized spacial score (nSPS) is 16.8. The molecule has 1 aromatic heterocycles.